The van der Waals surface area contributed by atoms with Crippen LogP contribution in [0.15, 0.2) is 47.2 Å². The number of amides is 3. The fraction of sp³-hybridized carbons (Fsp3) is 0.524. The number of H-pyrrole nitrogens is 1. The molecule has 2 fully saturated rings. The Morgan fingerprint density at radius 2 is 1.44 bits per heavy atom. The van der Waals surface area contributed by atoms with Gasteiger partial charge in [0.05, 0.1) is 44.8 Å². The van der Waals surface area contributed by atoms with Crippen LogP contribution in [0.25, 0.3) is 0 Å². The van der Waals surface area contributed by atoms with E-state index in [1.165, 1.54) is 14.2 Å². The number of benzene rings is 1. The van der Waals surface area contributed by atoms with Crippen molar-refractivity contribution in [2.24, 2.45) is 22.7 Å². The SMILES string of the molecule is COC(=O)C[C@H](C(=O)N1[C@@H](C)CC[C@H]1C1=NC=C(C#Cc2ccc(C#Cc3cnc([C@@H]4CC[C@H](C)N4C(=O)[C@@H](NC(=O)OC)C(C)C)[nH]3)cc2)C1)C(C)C. The number of nitrogens with one attached hydrogen (secondary N) is 2. The molecule has 0 saturated carbocycles. The summed E-state index contributed by atoms with van der Waals surface area (Å²) in [5.41, 5.74) is 4.12. The van der Waals surface area contributed by atoms with E-state index < -0.39 is 18.1 Å². The predicted molar refractivity (Wildman–Crippen MR) is 205 cm³/mol. The zero-order valence-electron chi connectivity index (χ0n) is 32.6. The topological polar surface area (TPSA) is 146 Å². The van der Waals surface area contributed by atoms with Crippen molar-refractivity contribution in [2.45, 2.75) is 110 Å². The van der Waals surface area contributed by atoms with E-state index in [2.05, 4.69) is 45.9 Å². The third-order valence-electron chi connectivity index (χ3n) is 10.6. The molecule has 3 aliphatic heterocycles. The van der Waals surface area contributed by atoms with Crippen LogP contribution in [0.4, 0.5) is 4.79 Å². The van der Waals surface area contributed by atoms with Gasteiger partial charge in [-0.15, -0.1) is 0 Å². The molecule has 1 aromatic heterocycles. The Balaban J connectivity index is 1.19. The summed E-state index contributed by atoms with van der Waals surface area (Å²) in [4.78, 5) is 67.7. The monoisotopic (exact) mass is 736 g/mol. The predicted octanol–water partition coefficient (Wildman–Crippen LogP) is 5.54. The first-order valence-corrected chi connectivity index (χ1v) is 18.8. The van der Waals surface area contributed by atoms with Crippen molar-refractivity contribution in [1.29, 1.82) is 0 Å². The molecule has 12 nitrogen and oxygen atoms in total. The Kier molecular flexibility index (Phi) is 13.0. The molecule has 3 aliphatic rings. The number of nitrogens with zero attached hydrogens (tertiary/aromatic N) is 4. The summed E-state index contributed by atoms with van der Waals surface area (Å²) in [5.74, 6) is 12.4. The van der Waals surface area contributed by atoms with E-state index in [0.717, 1.165) is 48.1 Å². The maximum absolute atomic E-state index is 13.7. The second-order valence-electron chi connectivity index (χ2n) is 15.1. The van der Waals surface area contributed by atoms with Gasteiger partial charge in [-0.05, 0) is 81.6 Å². The van der Waals surface area contributed by atoms with E-state index in [9.17, 15) is 19.2 Å². The summed E-state index contributed by atoms with van der Waals surface area (Å²) in [6, 6.07) is 6.67. The number of rotatable bonds is 9. The average molecular weight is 737 g/mol. The van der Waals surface area contributed by atoms with Gasteiger partial charge in [-0.1, -0.05) is 45.5 Å². The number of carbonyl (C=O) groups excluding carboxylic acids is 4. The lowest BCUT2D eigenvalue weighted by molar-refractivity contribution is -0.148. The molecule has 1 aromatic carbocycles. The number of aliphatic imine (C=N–C) groups is 1. The summed E-state index contributed by atoms with van der Waals surface area (Å²) in [5, 5.41) is 2.69. The maximum atomic E-state index is 13.7. The number of carbonyl (C=O) groups is 4. The Labute approximate surface area is 318 Å². The van der Waals surface area contributed by atoms with E-state index in [1.54, 1.807) is 12.4 Å². The van der Waals surface area contributed by atoms with E-state index in [1.807, 2.05) is 68.7 Å². The number of hydrogen-bond donors (Lipinski definition) is 2. The Hall–Kier alpha value is -5.36. The molecule has 0 unspecified atom stereocenters. The summed E-state index contributed by atoms with van der Waals surface area (Å²) in [6.45, 7) is 11.8. The molecule has 4 heterocycles. The molecule has 5 rings (SSSR count). The van der Waals surface area contributed by atoms with Crippen LogP contribution in [0.3, 0.4) is 0 Å². The van der Waals surface area contributed by atoms with Crippen molar-refractivity contribution in [1.82, 2.24) is 25.1 Å². The lowest BCUT2D eigenvalue weighted by Gasteiger charge is -2.33. The second kappa shape index (κ2) is 17.6. The van der Waals surface area contributed by atoms with Gasteiger partial charge in [0.2, 0.25) is 11.8 Å². The molecular weight excluding hydrogens is 684 g/mol. The third-order valence-corrected chi connectivity index (χ3v) is 10.6. The van der Waals surface area contributed by atoms with Crippen molar-refractivity contribution < 1.29 is 28.7 Å². The molecule has 0 aliphatic carbocycles. The van der Waals surface area contributed by atoms with Gasteiger partial charge in [0.25, 0.3) is 0 Å². The van der Waals surface area contributed by atoms with E-state index in [0.29, 0.717) is 17.9 Å². The van der Waals surface area contributed by atoms with E-state index >= 15 is 0 Å². The smallest absolute Gasteiger partial charge is 0.407 e. The van der Waals surface area contributed by atoms with Crippen LogP contribution in [-0.4, -0.2) is 87.7 Å². The number of methoxy groups -OCH3 is 2. The standard InChI is InChI=1S/C42H52N6O6/c1-25(2)33(22-37(49)53-7)40(50)47-27(5)9-19-35(47)34-21-31(23-43-34)16-15-29-11-13-30(14-12-29)17-18-32-24-44-39(45-32)36-20-10-28(6)48(36)41(51)38(26(3)4)46-42(52)54-8/h11-14,23-28,33,35-36,38H,9-10,19-22H2,1-8H3,(H,44,45)(H,46,52)/t27-,28-,33-,35-,36-,38-/m0/s1. The highest BCUT2D eigenvalue weighted by Gasteiger charge is 2.43. The molecule has 2 N–H and O–H groups in total. The minimum Gasteiger partial charge on any atom is -0.469 e. The summed E-state index contributed by atoms with van der Waals surface area (Å²) >= 11 is 0. The number of likely N-dealkylation sites (tertiary alicyclic amines) is 2. The molecule has 0 spiro atoms. The average Bonchev–Trinajstić information content (AvgIpc) is 3.97. The first kappa shape index (κ1) is 39.8. The van der Waals surface area contributed by atoms with Crippen molar-refractivity contribution in [3.8, 4) is 23.7 Å². The van der Waals surface area contributed by atoms with Gasteiger partial charge in [-0.25, -0.2) is 9.78 Å². The van der Waals surface area contributed by atoms with Crippen LogP contribution in [0.2, 0.25) is 0 Å². The van der Waals surface area contributed by atoms with Gasteiger partial charge >= 0.3 is 12.1 Å². The minimum absolute atomic E-state index is 0.00399. The lowest BCUT2D eigenvalue weighted by Crippen LogP contribution is -2.52. The Bertz CT molecular complexity index is 1910. The van der Waals surface area contributed by atoms with Crippen LogP contribution < -0.4 is 5.32 Å². The van der Waals surface area contributed by atoms with Crippen LogP contribution in [0.1, 0.15) is 109 Å². The van der Waals surface area contributed by atoms with Gasteiger partial charge in [-0.3, -0.25) is 19.4 Å². The van der Waals surface area contributed by atoms with Gasteiger partial charge < -0.3 is 29.6 Å². The minimum atomic E-state index is -0.712. The lowest BCUT2D eigenvalue weighted by atomic mass is 9.90. The van der Waals surface area contributed by atoms with Crippen LogP contribution in [0.5, 0.6) is 0 Å². The molecule has 2 aromatic rings. The van der Waals surface area contributed by atoms with Gasteiger partial charge in [0, 0.05) is 47.1 Å². The third kappa shape index (κ3) is 9.22. The van der Waals surface area contributed by atoms with Crippen molar-refractivity contribution >= 4 is 29.6 Å². The zero-order valence-corrected chi connectivity index (χ0v) is 32.6. The molecule has 286 valence electrons. The first-order valence-electron chi connectivity index (χ1n) is 18.8. The summed E-state index contributed by atoms with van der Waals surface area (Å²) in [7, 11) is 2.63. The fourth-order valence-electron chi connectivity index (χ4n) is 7.45. The molecule has 54 heavy (non-hydrogen) atoms. The second-order valence-corrected chi connectivity index (χ2v) is 15.1. The number of hydrogen-bond acceptors (Lipinski definition) is 8. The highest BCUT2D eigenvalue weighted by atomic mass is 16.5. The fourth-order valence-corrected chi connectivity index (χ4v) is 7.45. The highest BCUT2D eigenvalue weighted by Crippen LogP contribution is 2.36. The maximum Gasteiger partial charge on any atom is 0.407 e. The Morgan fingerprint density at radius 3 is 2.04 bits per heavy atom. The number of ether oxygens (including phenoxy) is 2. The summed E-state index contributed by atoms with van der Waals surface area (Å²) < 4.78 is 9.63. The molecule has 12 heteroatoms. The number of alkyl carbamates (subject to hydrolysis) is 1. The quantitative estimate of drug-likeness (QED) is 0.254. The van der Waals surface area contributed by atoms with Crippen molar-refractivity contribution in [2.75, 3.05) is 14.2 Å². The van der Waals surface area contributed by atoms with Gasteiger partial charge in [0.1, 0.15) is 17.6 Å². The normalized spacial score (nSPS) is 21.7. The van der Waals surface area contributed by atoms with Crippen molar-refractivity contribution in [3.63, 3.8) is 0 Å². The van der Waals surface area contributed by atoms with Crippen LogP contribution in [-0.2, 0) is 23.9 Å². The van der Waals surface area contributed by atoms with E-state index in [-0.39, 0.29) is 60.2 Å². The number of imidazole rings is 1. The van der Waals surface area contributed by atoms with Crippen LogP contribution in [0, 0.1) is 41.4 Å². The molecule has 3 amide bonds. The largest absolute Gasteiger partial charge is 0.469 e. The van der Waals surface area contributed by atoms with E-state index in [4.69, 9.17) is 14.5 Å². The highest BCUT2D eigenvalue weighted by molar-refractivity contribution is 5.98. The number of esters is 1. The molecular formula is C42H52N6O6. The number of aromatic amines is 1. The summed E-state index contributed by atoms with van der Waals surface area (Å²) in [6.07, 6.45) is 6.77. The van der Waals surface area contributed by atoms with Crippen molar-refractivity contribution in [3.05, 3.63) is 64.9 Å². The molecule has 2 saturated heterocycles. The zero-order chi connectivity index (χ0) is 39.1. The number of allylic oxidation sites excluding steroid dienone is 1. The van der Waals surface area contributed by atoms with Crippen LogP contribution >= 0.6 is 0 Å². The van der Waals surface area contributed by atoms with Gasteiger partial charge in [0.15, 0.2) is 0 Å². The first-order chi connectivity index (χ1) is 25.8. The van der Waals surface area contributed by atoms with Gasteiger partial charge in [-0.2, -0.15) is 0 Å². The Morgan fingerprint density at radius 1 is 0.833 bits per heavy atom. The molecule has 0 radical (unpaired) electrons. The molecule has 6 atom stereocenters. The molecule has 0 bridgehead atoms. The number of aromatic nitrogens is 2.